The Kier molecular flexibility index (Phi) is 5.54. The van der Waals surface area contributed by atoms with Crippen molar-refractivity contribution in [2.75, 3.05) is 5.75 Å². The summed E-state index contributed by atoms with van der Waals surface area (Å²) in [7, 11) is 0. The van der Waals surface area contributed by atoms with Crippen molar-refractivity contribution in [2.45, 2.75) is 31.7 Å². The number of carbonyl (C=O) groups is 1. The summed E-state index contributed by atoms with van der Waals surface area (Å²) in [5.41, 5.74) is 2.53. The summed E-state index contributed by atoms with van der Waals surface area (Å²) in [5.74, 6) is 0.987. The fourth-order valence-electron chi connectivity index (χ4n) is 2.00. The lowest BCUT2D eigenvalue weighted by molar-refractivity contribution is 0.0986. The smallest absolute Gasteiger partial charge is 0.172 e. The van der Waals surface area contributed by atoms with Gasteiger partial charge in [-0.3, -0.25) is 4.79 Å². The third-order valence-electron chi connectivity index (χ3n) is 3.01. The van der Waals surface area contributed by atoms with Crippen LogP contribution in [-0.2, 0) is 0 Å². The van der Waals surface area contributed by atoms with Crippen molar-refractivity contribution in [1.29, 1.82) is 5.26 Å². The number of hydrogen-bond donors (Lipinski definition) is 0. The average Bonchev–Trinajstić information content (AvgIpc) is 2.97. The molecule has 108 valence electrons. The van der Waals surface area contributed by atoms with Gasteiger partial charge in [-0.1, -0.05) is 6.07 Å². The number of Topliss-reactive ketones (excluding diaryl/α,β-unsaturated/α-hetero) is 1. The van der Waals surface area contributed by atoms with Crippen LogP contribution in [-0.4, -0.2) is 16.5 Å². The Morgan fingerprint density at radius 3 is 2.95 bits per heavy atom. The minimum atomic E-state index is 0.194. The van der Waals surface area contributed by atoms with Crippen LogP contribution >= 0.6 is 23.1 Å². The van der Waals surface area contributed by atoms with Crippen LogP contribution in [0.15, 0.2) is 28.6 Å². The molecule has 21 heavy (non-hydrogen) atoms. The molecule has 2 heterocycles. The molecule has 2 aromatic rings. The van der Waals surface area contributed by atoms with Crippen molar-refractivity contribution >= 4 is 28.9 Å². The SMILES string of the molecule is Cc1cc(C)c(C#N)c(SCCCC(=O)c2cccs2)n1. The van der Waals surface area contributed by atoms with Crippen LogP contribution in [0.4, 0.5) is 0 Å². The minimum absolute atomic E-state index is 0.194. The lowest BCUT2D eigenvalue weighted by Gasteiger charge is -2.07. The summed E-state index contributed by atoms with van der Waals surface area (Å²) in [5, 5.41) is 11.9. The fraction of sp³-hybridized carbons (Fsp3) is 0.312. The minimum Gasteiger partial charge on any atom is -0.293 e. The largest absolute Gasteiger partial charge is 0.293 e. The second-order valence-corrected chi connectivity index (χ2v) is 6.76. The maximum absolute atomic E-state index is 11.9. The molecule has 0 N–H and O–H groups in total. The Labute approximate surface area is 133 Å². The van der Waals surface area contributed by atoms with Crippen LogP contribution in [0.3, 0.4) is 0 Å². The number of nitriles is 1. The van der Waals surface area contributed by atoms with Gasteiger partial charge in [-0.15, -0.1) is 23.1 Å². The van der Waals surface area contributed by atoms with Gasteiger partial charge < -0.3 is 0 Å². The van der Waals surface area contributed by atoms with E-state index in [1.165, 1.54) is 11.3 Å². The number of rotatable bonds is 6. The second-order valence-electron chi connectivity index (χ2n) is 4.72. The summed E-state index contributed by atoms with van der Waals surface area (Å²) in [6.07, 6.45) is 1.33. The van der Waals surface area contributed by atoms with Gasteiger partial charge >= 0.3 is 0 Å². The molecule has 0 aliphatic rings. The molecule has 0 amide bonds. The molecule has 5 heteroatoms. The Balaban J connectivity index is 1.90. The van der Waals surface area contributed by atoms with Crippen molar-refractivity contribution in [3.63, 3.8) is 0 Å². The molecule has 2 aromatic heterocycles. The first-order chi connectivity index (χ1) is 10.1. The molecule has 0 aliphatic heterocycles. The quantitative estimate of drug-likeness (QED) is 0.450. The zero-order valence-electron chi connectivity index (χ0n) is 12.0. The zero-order valence-corrected chi connectivity index (χ0v) is 13.7. The van der Waals surface area contributed by atoms with Crippen molar-refractivity contribution in [2.24, 2.45) is 0 Å². The fourth-order valence-corrected chi connectivity index (χ4v) is 3.74. The van der Waals surface area contributed by atoms with E-state index < -0.39 is 0 Å². The standard InChI is InChI=1S/C16H16N2OS2/c1-11-9-12(2)18-16(13(11)10-17)21-8-3-5-14(19)15-6-4-7-20-15/h4,6-7,9H,3,5,8H2,1-2H3. The Hall–Kier alpha value is -1.64. The van der Waals surface area contributed by atoms with E-state index in [1.807, 2.05) is 37.4 Å². The van der Waals surface area contributed by atoms with E-state index in [4.69, 9.17) is 0 Å². The molecule has 0 spiro atoms. The number of pyridine rings is 1. The molecule has 0 bridgehead atoms. The van der Waals surface area contributed by atoms with Crippen molar-refractivity contribution < 1.29 is 4.79 Å². The maximum Gasteiger partial charge on any atom is 0.172 e. The van der Waals surface area contributed by atoms with Gasteiger partial charge in [0.1, 0.15) is 11.1 Å². The summed E-state index contributed by atoms with van der Waals surface area (Å²) in [6, 6.07) is 7.89. The highest BCUT2D eigenvalue weighted by Gasteiger charge is 2.10. The van der Waals surface area contributed by atoms with Gasteiger partial charge in [-0.05, 0) is 49.1 Å². The molecule has 0 radical (unpaired) electrons. The van der Waals surface area contributed by atoms with E-state index in [0.717, 1.165) is 33.3 Å². The average molecular weight is 316 g/mol. The molecule has 0 saturated carbocycles. The molecule has 0 aromatic carbocycles. The van der Waals surface area contributed by atoms with Gasteiger partial charge in [0.05, 0.1) is 10.4 Å². The number of ketones is 1. The van der Waals surface area contributed by atoms with E-state index in [9.17, 15) is 10.1 Å². The topological polar surface area (TPSA) is 53.8 Å². The van der Waals surface area contributed by atoms with E-state index in [1.54, 1.807) is 11.8 Å². The number of thiophene rings is 1. The highest BCUT2D eigenvalue weighted by molar-refractivity contribution is 7.99. The normalized spacial score (nSPS) is 10.3. The Morgan fingerprint density at radius 2 is 2.29 bits per heavy atom. The van der Waals surface area contributed by atoms with Gasteiger partial charge in [0, 0.05) is 12.1 Å². The van der Waals surface area contributed by atoms with Crippen LogP contribution in [0, 0.1) is 25.2 Å². The number of nitrogens with zero attached hydrogens (tertiary/aromatic N) is 2. The number of aromatic nitrogens is 1. The second kappa shape index (κ2) is 7.39. The van der Waals surface area contributed by atoms with E-state index >= 15 is 0 Å². The van der Waals surface area contributed by atoms with Crippen LogP contribution in [0.2, 0.25) is 0 Å². The molecule has 0 saturated heterocycles. The van der Waals surface area contributed by atoms with Gasteiger partial charge in [-0.25, -0.2) is 4.98 Å². The van der Waals surface area contributed by atoms with Crippen molar-refractivity contribution in [3.8, 4) is 6.07 Å². The van der Waals surface area contributed by atoms with Crippen LogP contribution < -0.4 is 0 Å². The van der Waals surface area contributed by atoms with Gasteiger partial charge in [-0.2, -0.15) is 5.26 Å². The predicted octanol–water partition coefficient (Wildman–Crippen LogP) is 4.39. The zero-order chi connectivity index (χ0) is 15.2. The lowest BCUT2D eigenvalue weighted by atomic mass is 10.1. The van der Waals surface area contributed by atoms with Crippen LogP contribution in [0.5, 0.6) is 0 Å². The number of thioether (sulfide) groups is 1. The first kappa shape index (κ1) is 15.7. The molecule has 0 atom stereocenters. The highest BCUT2D eigenvalue weighted by atomic mass is 32.2. The van der Waals surface area contributed by atoms with Crippen LogP contribution in [0.25, 0.3) is 0 Å². The lowest BCUT2D eigenvalue weighted by Crippen LogP contribution is -1.98. The van der Waals surface area contributed by atoms with Crippen LogP contribution in [0.1, 0.15) is 39.3 Å². The monoisotopic (exact) mass is 316 g/mol. The Morgan fingerprint density at radius 1 is 1.48 bits per heavy atom. The van der Waals surface area contributed by atoms with Gasteiger partial charge in [0.25, 0.3) is 0 Å². The summed E-state index contributed by atoms with van der Waals surface area (Å²) in [4.78, 5) is 17.1. The summed E-state index contributed by atoms with van der Waals surface area (Å²) in [6.45, 7) is 3.86. The predicted molar refractivity (Wildman–Crippen MR) is 87.0 cm³/mol. The number of carbonyl (C=O) groups excluding carboxylic acids is 1. The van der Waals surface area contributed by atoms with Gasteiger partial charge in [0.15, 0.2) is 5.78 Å². The molecule has 0 fully saturated rings. The number of aryl methyl sites for hydroxylation is 2. The molecular formula is C16H16N2OS2. The third-order valence-corrected chi connectivity index (χ3v) is 4.98. The first-order valence-electron chi connectivity index (χ1n) is 6.69. The number of hydrogen-bond acceptors (Lipinski definition) is 5. The molecule has 0 aliphatic carbocycles. The van der Waals surface area contributed by atoms with E-state index in [-0.39, 0.29) is 5.78 Å². The van der Waals surface area contributed by atoms with E-state index in [2.05, 4.69) is 11.1 Å². The molecule has 2 rings (SSSR count). The molecule has 0 unspecified atom stereocenters. The molecular weight excluding hydrogens is 300 g/mol. The maximum atomic E-state index is 11.9. The highest BCUT2D eigenvalue weighted by Crippen LogP contribution is 2.24. The third kappa shape index (κ3) is 4.16. The van der Waals surface area contributed by atoms with Crippen molar-refractivity contribution in [1.82, 2.24) is 4.98 Å². The Bertz CT molecular complexity index is 672. The van der Waals surface area contributed by atoms with Gasteiger partial charge in [0.2, 0.25) is 0 Å². The van der Waals surface area contributed by atoms with E-state index in [0.29, 0.717) is 12.0 Å². The first-order valence-corrected chi connectivity index (χ1v) is 8.56. The summed E-state index contributed by atoms with van der Waals surface area (Å²) < 4.78 is 0. The van der Waals surface area contributed by atoms with Crippen molar-refractivity contribution in [3.05, 3.63) is 45.3 Å². The molecule has 3 nitrogen and oxygen atoms in total. The summed E-state index contributed by atoms with van der Waals surface area (Å²) >= 11 is 3.04.